The largest absolute Gasteiger partial charge is 0.477 e. The molecule has 2 aromatic heterocycles. The van der Waals surface area contributed by atoms with Gasteiger partial charge >= 0.3 is 5.97 Å². The lowest BCUT2D eigenvalue weighted by molar-refractivity contribution is -0.130. The molecule has 0 aliphatic carbocycles. The highest BCUT2D eigenvalue weighted by molar-refractivity contribution is 7.19. The van der Waals surface area contributed by atoms with E-state index in [4.69, 9.17) is 22.4 Å². The number of hydrogen-bond donors (Lipinski definition) is 2. The summed E-state index contributed by atoms with van der Waals surface area (Å²) in [4.78, 5) is 20.5. The van der Waals surface area contributed by atoms with Crippen LogP contribution in [0.25, 0.3) is 27.3 Å². The molecule has 0 unspecified atom stereocenters. The fourth-order valence-corrected chi connectivity index (χ4v) is 3.23. The Balaban J connectivity index is 2.02. The van der Waals surface area contributed by atoms with Gasteiger partial charge in [0.25, 0.3) is 0 Å². The minimum atomic E-state index is -1.17. The normalized spacial score (nSPS) is 11.5. The Morgan fingerprint density at radius 1 is 1.21 bits per heavy atom. The lowest BCUT2D eigenvalue weighted by Gasteiger charge is -2.06. The number of rotatable bonds is 4. The lowest BCUT2D eigenvalue weighted by Crippen LogP contribution is -2.06. The van der Waals surface area contributed by atoms with Gasteiger partial charge in [-0.3, -0.25) is 0 Å². The van der Waals surface area contributed by atoms with Gasteiger partial charge in [-0.25, -0.2) is 14.8 Å². The van der Waals surface area contributed by atoms with Crippen molar-refractivity contribution in [1.82, 2.24) is 9.97 Å². The van der Waals surface area contributed by atoms with Gasteiger partial charge in [-0.15, -0.1) is 11.3 Å². The van der Waals surface area contributed by atoms with E-state index in [0.717, 1.165) is 26.5 Å². The molecule has 0 atom stereocenters. The molecule has 0 aliphatic heterocycles. The smallest absolute Gasteiger partial charge is 0.341 e. The van der Waals surface area contributed by atoms with Gasteiger partial charge in [-0.1, -0.05) is 29.8 Å². The average Bonchev–Trinajstić information content (AvgIpc) is 3.02. The molecule has 0 radical (unpaired) electrons. The highest BCUT2D eigenvalue weighted by Crippen LogP contribution is 2.33. The molecule has 0 fully saturated rings. The lowest BCUT2D eigenvalue weighted by atomic mass is 10.1. The van der Waals surface area contributed by atoms with E-state index >= 15 is 0 Å². The van der Waals surface area contributed by atoms with Gasteiger partial charge in [0.15, 0.2) is 5.82 Å². The molecule has 120 valence electrons. The number of carboxylic acid groups (broad SMARTS) is 1. The highest BCUT2D eigenvalue weighted by Gasteiger charge is 2.14. The molecule has 0 saturated heterocycles. The van der Waals surface area contributed by atoms with Crippen LogP contribution in [0.1, 0.15) is 5.82 Å². The molecule has 0 amide bonds. The van der Waals surface area contributed by atoms with E-state index in [1.165, 1.54) is 17.5 Å². The van der Waals surface area contributed by atoms with Crippen molar-refractivity contribution in [3.63, 3.8) is 0 Å². The van der Waals surface area contributed by atoms with Gasteiger partial charge in [0, 0.05) is 22.8 Å². The number of aromatic nitrogens is 2. The Labute approximate surface area is 147 Å². The standard InChI is InChI=1S/C17H12ClN3O2S/c18-15-5-4-14(24-15)11-3-1-2-10(8-11)13-6-7-20-16(21-13)12(9-19)17(22)23/h1-9H,19H2,(H,22,23). The van der Waals surface area contributed by atoms with E-state index in [1.54, 1.807) is 6.07 Å². The minimum Gasteiger partial charge on any atom is -0.477 e. The molecule has 5 nitrogen and oxygen atoms in total. The van der Waals surface area contributed by atoms with Gasteiger partial charge in [0.05, 0.1) is 10.0 Å². The third-order valence-electron chi connectivity index (χ3n) is 3.31. The first-order valence-corrected chi connectivity index (χ1v) is 8.12. The second-order valence-corrected chi connectivity index (χ2v) is 6.55. The topological polar surface area (TPSA) is 89.1 Å². The van der Waals surface area contributed by atoms with E-state index in [2.05, 4.69) is 9.97 Å². The number of benzene rings is 1. The predicted octanol–water partition coefficient (Wildman–Crippen LogP) is 3.91. The van der Waals surface area contributed by atoms with Crippen LogP contribution in [0.15, 0.2) is 54.9 Å². The Hall–Kier alpha value is -2.70. The van der Waals surface area contributed by atoms with E-state index < -0.39 is 5.97 Å². The summed E-state index contributed by atoms with van der Waals surface area (Å²) in [6.07, 6.45) is 2.50. The van der Waals surface area contributed by atoms with Crippen LogP contribution in [0.4, 0.5) is 0 Å². The highest BCUT2D eigenvalue weighted by atomic mass is 35.5. The number of carbonyl (C=O) groups is 1. The Morgan fingerprint density at radius 3 is 2.67 bits per heavy atom. The minimum absolute atomic E-state index is 0.0760. The van der Waals surface area contributed by atoms with E-state index in [0.29, 0.717) is 5.69 Å². The Bertz CT molecular complexity index is 937. The quantitative estimate of drug-likeness (QED) is 0.691. The van der Waals surface area contributed by atoms with Crippen molar-refractivity contribution < 1.29 is 9.90 Å². The zero-order valence-electron chi connectivity index (χ0n) is 12.3. The summed E-state index contributed by atoms with van der Waals surface area (Å²) in [6, 6.07) is 13.3. The summed E-state index contributed by atoms with van der Waals surface area (Å²) in [5.41, 5.74) is 7.70. The van der Waals surface area contributed by atoms with Crippen LogP contribution >= 0.6 is 22.9 Å². The molecule has 24 heavy (non-hydrogen) atoms. The van der Waals surface area contributed by atoms with Crippen molar-refractivity contribution in [3.8, 4) is 21.7 Å². The molecular formula is C17H12ClN3O2S. The molecule has 7 heteroatoms. The maximum atomic E-state index is 11.2. The molecule has 3 rings (SSSR count). The summed E-state index contributed by atoms with van der Waals surface area (Å²) >= 11 is 7.48. The molecule has 0 aliphatic rings. The van der Waals surface area contributed by atoms with Crippen molar-refractivity contribution >= 4 is 34.5 Å². The summed E-state index contributed by atoms with van der Waals surface area (Å²) in [6.45, 7) is 0. The Morgan fingerprint density at radius 2 is 2.00 bits per heavy atom. The zero-order valence-corrected chi connectivity index (χ0v) is 13.9. The predicted molar refractivity (Wildman–Crippen MR) is 95.6 cm³/mol. The van der Waals surface area contributed by atoms with Gasteiger partial charge in [0.2, 0.25) is 0 Å². The number of nitrogens with zero attached hydrogens (tertiary/aromatic N) is 2. The van der Waals surface area contributed by atoms with Crippen molar-refractivity contribution in [1.29, 1.82) is 0 Å². The number of thiophene rings is 1. The molecule has 1 aromatic carbocycles. The first-order valence-electron chi connectivity index (χ1n) is 6.93. The molecule has 0 saturated carbocycles. The first kappa shape index (κ1) is 16.2. The molecule has 2 heterocycles. The van der Waals surface area contributed by atoms with Gasteiger partial charge in [-0.2, -0.15) is 0 Å². The summed E-state index contributed by atoms with van der Waals surface area (Å²) < 4.78 is 0.721. The SMILES string of the molecule is NC=C(C(=O)O)c1nccc(-c2cccc(-c3ccc(Cl)s3)c2)n1. The number of halogens is 1. The van der Waals surface area contributed by atoms with Crippen LogP contribution < -0.4 is 5.73 Å². The molecule has 3 N–H and O–H groups in total. The fourth-order valence-electron chi connectivity index (χ4n) is 2.19. The molecule has 0 bridgehead atoms. The van der Waals surface area contributed by atoms with Gasteiger partial charge in [0.1, 0.15) is 5.57 Å². The van der Waals surface area contributed by atoms with Crippen LogP contribution in [0.3, 0.4) is 0 Å². The maximum Gasteiger partial charge on any atom is 0.341 e. The molecule has 3 aromatic rings. The van der Waals surface area contributed by atoms with Gasteiger partial charge in [-0.05, 0) is 29.8 Å². The number of aliphatic carboxylic acids is 1. The van der Waals surface area contributed by atoms with Crippen LogP contribution in [-0.4, -0.2) is 21.0 Å². The average molecular weight is 358 g/mol. The number of hydrogen-bond acceptors (Lipinski definition) is 5. The van der Waals surface area contributed by atoms with E-state index in [-0.39, 0.29) is 11.4 Å². The second kappa shape index (κ2) is 6.82. The number of nitrogens with two attached hydrogens (primary N) is 1. The van der Waals surface area contributed by atoms with Crippen molar-refractivity contribution in [2.45, 2.75) is 0 Å². The van der Waals surface area contributed by atoms with Crippen LogP contribution in [0.5, 0.6) is 0 Å². The monoisotopic (exact) mass is 357 g/mol. The van der Waals surface area contributed by atoms with Gasteiger partial charge < -0.3 is 10.8 Å². The number of carboxylic acids is 1. The van der Waals surface area contributed by atoms with Crippen LogP contribution in [-0.2, 0) is 4.79 Å². The molecular weight excluding hydrogens is 346 g/mol. The third-order valence-corrected chi connectivity index (χ3v) is 4.59. The van der Waals surface area contributed by atoms with Crippen LogP contribution in [0, 0.1) is 0 Å². The molecule has 0 spiro atoms. The van der Waals surface area contributed by atoms with Crippen molar-refractivity contribution in [2.24, 2.45) is 5.73 Å². The summed E-state index contributed by atoms with van der Waals surface area (Å²) in [5.74, 6) is -1.09. The first-order chi connectivity index (χ1) is 11.6. The summed E-state index contributed by atoms with van der Waals surface area (Å²) in [5, 5.41) is 9.14. The Kier molecular flexibility index (Phi) is 4.59. The third kappa shape index (κ3) is 3.29. The fraction of sp³-hybridized carbons (Fsp3) is 0. The summed E-state index contributed by atoms with van der Waals surface area (Å²) in [7, 11) is 0. The van der Waals surface area contributed by atoms with Crippen molar-refractivity contribution in [2.75, 3.05) is 0 Å². The maximum absolute atomic E-state index is 11.2. The van der Waals surface area contributed by atoms with E-state index in [9.17, 15) is 4.79 Å². The van der Waals surface area contributed by atoms with E-state index in [1.807, 2.05) is 36.4 Å². The van der Waals surface area contributed by atoms with Crippen LogP contribution in [0.2, 0.25) is 4.34 Å². The second-order valence-electron chi connectivity index (χ2n) is 4.84. The van der Waals surface area contributed by atoms with Crippen molar-refractivity contribution in [3.05, 3.63) is 65.0 Å². The zero-order chi connectivity index (χ0) is 17.1.